The maximum absolute atomic E-state index is 5.85. The molecule has 1 aromatic rings. The summed E-state index contributed by atoms with van der Waals surface area (Å²) in [5, 5.41) is 0. The van der Waals surface area contributed by atoms with Crippen molar-refractivity contribution < 1.29 is 0 Å². The monoisotopic (exact) mass is 231 g/mol. The van der Waals surface area contributed by atoms with E-state index in [2.05, 4.69) is 54.9 Å². The molecule has 0 amide bonds. The molecule has 0 fully saturated rings. The fraction of sp³-hybridized carbons (Fsp3) is 0.500. The van der Waals surface area contributed by atoms with E-state index in [9.17, 15) is 0 Å². The van der Waals surface area contributed by atoms with Gasteiger partial charge in [0.25, 0.3) is 0 Å². The highest BCUT2D eigenvalue weighted by Crippen LogP contribution is 2.31. The van der Waals surface area contributed by atoms with Gasteiger partial charge in [0.2, 0.25) is 0 Å². The van der Waals surface area contributed by atoms with Gasteiger partial charge in [0.1, 0.15) is 0 Å². The van der Waals surface area contributed by atoms with Crippen LogP contribution in [0.25, 0.3) is 0 Å². The lowest BCUT2D eigenvalue weighted by molar-refractivity contribution is 0.267. The largest absolute Gasteiger partial charge is 0.370 e. The number of aliphatic imine (C=N–C) groups is 1. The predicted molar refractivity (Wildman–Crippen MR) is 72.1 cm³/mol. The number of nitrogens with two attached hydrogens (primary N) is 1. The maximum Gasteiger partial charge on any atom is 0.191 e. The van der Waals surface area contributed by atoms with E-state index in [-0.39, 0.29) is 5.54 Å². The van der Waals surface area contributed by atoms with E-state index in [1.807, 2.05) is 7.05 Å². The Balaban J connectivity index is 2.29. The summed E-state index contributed by atoms with van der Waals surface area (Å²) in [4.78, 5) is 6.38. The van der Waals surface area contributed by atoms with Gasteiger partial charge in [0.05, 0.1) is 12.1 Å². The topological polar surface area (TPSA) is 41.6 Å². The molecule has 0 bridgehead atoms. The molecule has 3 nitrogen and oxygen atoms in total. The molecular weight excluding hydrogens is 210 g/mol. The molecule has 3 heteroatoms. The van der Waals surface area contributed by atoms with E-state index in [1.54, 1.807) is 0 Å². The summed E-state index contributed by atoms with van der Waals surface area (Å²) in [5.74, 6) is 1.19. The zero-order valence-electron chi connectivity index (χ0n) is 11.1. The van der Waals surface area contributed by atoms with Crippen LogP contribution in [0.4, 0.5) is 0 Å². The summed E-state index contributed by atoms with van der Waals surface area (Å²) in [7, 11) is 2.00. The van der Waals surface area contributed by atoms with E-state index in [4.69, 9.17) is 5.73 Å². The number of hydrogen-bond acceptors (Lipinski definition) is 3. The molecule has 0 aromatic heterocycles. The van der Waals surface area contributed by atoms with Crippen molar-refractivity contribution >= 4 is 5.96 Å². The third kappa shape index (κ3) is 1.90. The second-order valence-corrected chi connectivity index (χ2v) is 5.28. The van der Waals surface area contributed by atoms with E-state index in [0.29, 0.717) is 11.9 Å². The molecule has 1 aliphatic rings. The molecule has 2 N–H and O–H groups in total. The Bertz CT molecular complexity index is 433. The van der Waals surface area contributed by atoms with Gasteiger partial charge >= 0.3 is 0 Å². The van der Waals surface area contributed by atoms with Crippen LogP contribution in [-0.2, 0) is 5.54 Å². The SMILES string of the molecule is CC(C)c1ccc(C2(C)CN=C(N)N2C)cc1. The minimum atomic E-state index is -0.0976. The minimum absolute atomic E-state index is 0.0976. The van der Waals surface area contributed by atoms with Crippen molar-refractivity contribution in [3.05, 3.63) is 35.4 Å². The van der Waals surface area contributed by atoms with Crippen LogP contribution in [0.2, 0.25) is 0 Å². The smallest absolute Gasteiger partial charge is 0.191 e. The summed E-state index contributed by atoms with van der Waals surface area (Å²) in [6, 6.07) is 8.79. The summed E-state index contributed by atoms with van der Waals surface area (Å²) >= 11 is 0. The number of guanidine groups is 1. The predicted octanol–water partition coefficient (Wildman–Crippen LogP) is 2.29. The number of benzene rings is 1. The van der Waals surface area contributed by atoms with Crippen LogP contribution in [0.1, 0.15) is 37.8 Å². The first kappa shape index (κ1) is 12.0. The molecule has 1 atom stereocenters. The number of rotatable bonds is 2. The van der Waals surface area contributed by atoms with Crippen LogP contribution in [0.5, 0.6) is 0 Å². The summed E-state index contributed by atoms with van der Waals surface area (Å²) < 4.78 is 0. The molecule has 0 aliphatic carbocycles. The van der Waals surface area contributed by atoms with Gasteiger partial charge in [0, 0.05) is 7.05 Å². The average Bonchev–Trinajstić information content (AvgIpc) is 2.59. The Kier molecular flexibility index (Phi) is 2.86. The second kappa shape index (κ2) is 4.06. The Morgan fingerprint density at radius 3 is 2.29 bits per heavy atom. The highest BCUT2D eigenvalue weighted by atomic mass is 15.3. The van der Waals surface area contributed by atoms with Crippen LogP contribution in [0, 0.1) is 0 Å². The molecule has 1 heterocycles. The van der Waals surface area contributed by atoms with Crippen LogP contribution in [0.3, 0.4) is 0 Å². The van der Waals surface area contributed by atoms with Gasteiger partial charge in [-0.25, -0.2) is 0 Å². The van der Waals surface area contributed by atoms with Crippen LogP contribution in [0.15, 0.2) is 29.3 Å². The van der Waals surface area contributed by atoms with Gasteiger partial charge in [-0.15, -0.1) is 0 Å². The van der Waals surface area contributed by atoms with Crippen LogP contribution < -0.4 is 5.73 Å². The fourth-order valence-electron chi connectivity index (χ4n) is 2.21. The molecule has 17 heavy (non-hydrogen) atoms. The molecule has 92 valence electrons. The van der Waals surface area contributed by atoms with Crippen molar-refractivity contribution in [1.82, 2.24) is 4.90 Å². The Labute approximate surface area is 103 Å². The summed E-state index contributed by atoms with van der Waals surface area (Å²) in [5.41, 5.74) is 8.39. The summed E-state index contributed by atoms with van der Waals surface area (Å²) in [6.45, 7) is 7.33. The van der Waals surface area contributed by atoms with E-state index in [0.717, 1.165) is 6.54 Å². The zero-order chi connectivity index (χ0) is 12.6. The van der Waals surface area contributed by atoms with Crippen molar-refractivity contribution in [3.63, 3.8) is 0 Å². The van der Waals surface area contributed by atoms with Gasteiger partial charge in [-0.2, -0.15) is 0 Å². The highest BCUT2D eigenvalue weighted by Gasteiger charge is 2.36. The van der Waals surface area contributed by atoms with Crippen molar-refractivity contribution in [3.8, 4) is 0 Å². The lowest BCUT2D eigenvalue weighted by atomic mass is 9.89. The van der Waals surface area contributed by atoms with Gasteiger partial charge in [-0.3, -0.25) is 4.99 Å². The van der Waals surface area contributed by atoms with Gasteiger partial charge < -0.3 is 10.6 Å². The molecule has 1 aliphatic heterocycles. The quantitative estimate of drug-likeness (QED) is 0.848. The summed E-state index contributed by atoms with van der Waals surface area (Å²) in [6.07, 6.45) is 0. The van der Waals surface area contributed by atoms with Crippen molar-refractivity contribution in [2.45, 2.75) is 32.2 Å². The molecule has 0 saturated carbocycles. The van der Waals surface area contributed by atoms with Crippen molar-refractivity contribution in [2.24, 2.45) is 10.7 Å². The first-order valence-corrected chi connectivity index (χ1v) is 6.09. The molecule has 0 radical (unpaired) electrons. The molecular formula is C14H21N3. The van der Waals surface area contributed by atoms with E-state index >= 15 is 0 Å². The standard InChI is InChI=1S/C14H21N3/c1-10(2)11-5-7-12(8-6-11)14(3)9-16-13(15)17(14)4/h5-8,10H,9H2,1-4H3,(H2,15,16). The lowest BCUT2D eigenvalue weighted by Crippen LogP contribution is -2.44. The molecule has 2 rings (SSSR count). The molecule has 0 saturated heterocycles. The minimum Gasteiger partial charge on any atom is -0.370 e. The van der Waals surface area contributed by atoms with Crippen LogP contribution in [-0.4, -0.2) is 24.5 Å². The lowest BCUT2D eigenvalue weighted by Gasteiger charge is -2.33. The Hall–Kier alpha value is -1.51. The first-order valence-electron chi connectivity index (χ1n) is 6.09. The molecule has 0 spiro atoms. The highest BCUT2D eigenvalue weighted by molar-refractivity contribution is 5.81. The third-order valence-electron chi connectivity index (χ3n) is 3.83. The van der Waals surface area contributed by atoms with E-state index in [1.165, 1.54) is 11.1 Å². The fourth-order valence-corrected chi connectivity index (χ4v) is 2.21. The van der Waals surface area contributed by atoms with E-state index < -0.39 is 0 Å². The molecule has 1 unspecified atom stereocenters. The second-order valence-electron chi connectivity index (χ2n) is 5.28. The maximum atomic E-state index is 5.85. The molecule has 1 aromatic carbocycles. The van der Waals surface area contributed by atoms with Gasteiger partial charge in [0.15, 0.2) is 5.96 Å². The van der Waals surface area contributed by atoms with Crippen molar-refractivity contribution in [2.75, 3.05) is 13.6 Å². The first-order chi connectivity index (χ1) is 7.95. The van der Waals surface area contributed by atoms with Gasteiger partial charge in [-0.05, 0) is 24.0 Å². The normalized spacial score (nSPS) is 24.3. The van der Waals surface area contributed by atoms with Crippen LogP contribution >= 0.6 is 0 Å². The number of hydrogen-bond donors (Lipinski definition) is 1. The Morgan fingerprint density at radius 2 is 1.88 bits per heavy atom. The number of nitrogens with zero attached hydrogens (tertiary/aromatic N) is 2. The third-order valence-corrected chi connectivity index (χ3v) is 3.83. The van der Waals surface area contributed by atoms with Crippen molar-refractivity contribution in [1.29, 1.82) is 0 Å². The zero-order valence-corrected chi connectivity index (χ0v) is 11.1. The Morgan fingerprint density at radius 1 is 1.29 bits per heavy atom. The van der Waals surface area contributed by atoms with Gasteiger partial charge in [-0.1, -0.05) is 38.1 Å². The number of likely N-dealkylation sites (N-methyl/N-ethyl adjacent to an activating group) is 1. The average molecular weight is 231 g/mol.